The summed E-state index contributed by atoms with van der Waals surface area (Å²) in [5, 5.41) is 3.31. The highest BCUT2D eigenvalue weighted by molar-refractivity contribution is 7.98. The van der Waals surface area contributed by atoms with Gasteiger partial charge < -0.3 is 15.0 Å². The zero-order valence-electron chi connectivity index (χ0n) is 14.6. The molecule has 7 heteroatoms. The van der Waals surface area contributed by atoms with Crippen molar-refractivity contribution in [1.82, 2.24) is 4.98 Å². The molecule has 6 nitrogen and oxygen atoms in total. The number of thioether (sulfide) groups is 1. The van der Waals surface area contributed by atoms with Crippen LogP contribution in [0.3, 0.4) is 0 Å². The molecule has 0 spiro atoms. The second kappa shape index (κ2) is 8.53. The van der Waals surface area contributed by atoms with Crippen LogP contribution in [-0.2, 0) is 9.53 Å². The Morgan fingerprint density at radius 1 is 1.20 bits per heavy atom. The standard InChI is InChI=1S/C18H21N3O3S/c1-12(24-18(23)15-6-5-11-19-17(15)25-4)16(22)20-13-7-9-14(10-8-13)21(2)3/h5-12H,1-4H3,(H,20,22)/t12-/m0/s1. The Bertz CT molecular complexity index is 747. The second-order valence-electron chi connectivity index (χ2n) is 5.54. The number of benzene rings is 1. The number of nitrogens with zero attached hydrogens (tertiary/aromatic N) is 2. The highest BCUT2D eigenvalue weighted by Gasteiger charge is 2.21. The van der Waals surface area contributed by atoms with Gasteiger partial charge in [-0.15, -0.1) is 11.8 Å². The Kier molecular flexibility index (Phi) is 6.41. The lowest BCUT2D eigenvalue weighted by atomic mass is 10.2. The van der Waals surface area contributed by atoms with E-state index >= 15 is 0 Å². The largest absolute Gasteiger partial charge is 0.449 e. The van der Waals surface area contributed by atoms with Crippen molar-refractivity contribution >= 4 is 35.0 Å². The van der Waals surface area contributed by atoms with Crippen LogP contribution in [0.25, 0.3) is 0 Å². The van der Waals surface area contributed by atoms with E-state index in [1.165, 1.54) is 18.7 Å². The summed E-state index contributed by atoms with van der Waals surface area (Å²) in [6, 6.07) is 10.7. The Hall–Kier alpha value is -2.54. The molecule has 0 saturated carbocycles. The summed E-state index contributed by atoms with van der Waals surface area (Å²) in [5.74, 6) is -0.955. The number of carbonyl (C=O) groups is 2. The zero-order chi connectivity index (χ0) is 18.4. The summed E-state index contributed by atoms with van der Waals surface area (Å²) < 4.78 is 5.26. The van der Waals surface area contributed by atoms with Crippen LogP contribution in [0.4, 0.5) is 11.4 Å². The molecule has 1 N–H and O–H groups in total. The molecule has 0 fully saturated rings. The summed E-state index contributed by atoms with van der Waals surface area (Å²) in [5.41, 5.74) is 2.02. The third kappa shape index (κ3) is 4.96. The quantitative estimate of drug-likeness (QED) is 0.631. The van der Waals surface area contributed by atoms with Crippen LogP contribution < -0.4 is 10.2 Å². The minimum absolute atomic E-state index is 0.352. The molecule has 1 atom stereocenters. The topological polar surface area (TPSA) is 71.5 Å². The Labute approximate surface area is 151 Å². The van der Waals surface area contributed by atoms with Crippen LogP contribution in [0, 0.1) is 0 Å². The lowest BCUT2D eigenvalue weighted by Gasteiger charge is -2.16. The van der Waals surface area contributed by atoms with E-state index in [0.717, 1.165) is 5.69 Å². The molecule has 0 aliphatic carbocycles. The SMILES string of the molecule is CSc1ncccc1C(=O)O[C@@H](C)C(=O)Nc1ccc(N(C)C)cc1. The molecule has 1 amide bonds. The summed E-state index contributed by atoms with van der Waals surface area (Å²) >= 11 is 1.35. The van der Waals surface area contributed by atoms with Crippen LogP contribution in [0.5, 0.6) is 0 Å². The van der Waals surface area contributed by atoms with Gasteiger partial charge in [0.15, 0.2) is 6.10 Å². The van der Waals surface area contributed by atoms with E-state index in [1.807, 2.05) is 37.4 Å². The number of ether oxygens (including phenoxy) is 1. The number of amides is 1. The van der Waals surface area contributed by atoms with Gasteiger partial charge in [0, 0.05) is 31.7 Å². The summed E-state index contributed by atoms with van der Waals surface area (Å²) in [7, 11) is 3.88. The minimum Gasteiger partial charge on any atom is -0.449 e. The first-order valence-corrected chi connectivity index (χ1v) is 8.93. The van der Waals surface area contributed by atoms with E-state index in [4.69, 9.17) is 4.74 Å². The summed E-state index contributed by atoms with van der Waals surface area (Å²) in [6.07, 6.45) is 2.51. The molecule has 0 aliphatic heterocycles. The van der Waals surface area contributed by atoms with Crippen LogP contribution in [0.1, 0.15) is 17.3 Å². The van der Waals surface area contributed by atoms with Crippen LogP contribution in [0.2, 0.25) is 0 Å². The third-order valence-corrected chi connectivity index (χ3v) is 4.20. The normalized spacial score (nSPS) is 11.5. The van der Waals surface area contributed by atoms with Gasteiger partial charge in [-0.1, -0.05) is 0 Å². The number of carbonyl (C=O) groups excluding carboxylic acids is 2. The first kappa shape index (κ1) is 18.8. The maximum Gasteiger partial charge on any atom is 0.341 e. The Morgan fingerprint density at radius 2 is 1.88 bits per heavy atom. The van der Waals surface area contributed by atoms with Gasteiger partial charge in [-0.3, -0.25) is 4.79 Å². The van der Waals surface area contributed by atoms with Crippen molar-refractivity contribution in [2.45, 2.75) is 18.1 Å². The van der Waals surface area contributed by atoms with Crippen molar-refractivity contribution < 1.29 is 14.3 Å². The molecule has 0 radical (unpaired) electrons. The highest BCUT2D eigenvalue weighted by Crippen LogP contribution is 2.19. The average molecular weight is 359 g/mol. The van der Waals surface area contributed by atoms with Crippen molar-refractivity contribution in [2.24, 2.45) is 0 Å². The van der Waals surface area contributed by atoms with Gasteiger partial charge >= 0.3 is 5.97 Å². The number of hydrogen-bond donors (Lipinski definition) is 1. The molecule has 1 heterocycles. The molecular weight excluding hydrogens is 338 g/mol. The molecule has 2 rings (SSSR count). The summed E-state index contributed by atoms with van der Waals surface area (Å²) in [6.45, 7) is 1.54. The molecule has 0 saturated heterocycles. The molecule has 25 heavy (non-hydrogen) atoms. The van der Waals surface area contributed by atoms with Crippen LogP contribution >= 0.6 is 11.8 Å². The van der Waals surface area contributed by atoms with Crippen molar-refractivity contribution in [2.75, 3.05) is 30.6 Å². The van der Waals surface area contributed by atoms with Gasteiger partial charge in [0.25, 0.3) is 5.91 Å². The lowest BCUT2D eigenvalue weighted by Crippen LogP contribution is -2.30. The van der Waals surface area contributed by atoms with Gasteiger partial charge in [0.2, 0.25) is 0 Å². The fourth-order valence-corrected chi connectivity index (χ4v) is 2.61. The van der Waals surface area contributed by atoms with E-state index in [0.29, 0.717) is 16.3 Å². The molecular formula is C18H21N3O3S. The number of aromatic nitrogens is 1. The Morgan fingerprint density at radius 3 is 2.48 bits per heavy atom. The van der Waals surface area contributed by atoms with Crippen molar-refractivity contribution in [3.63, 3.8) is 0 Å². The highest BCUT2D eigenvalue weighted by atomic mass is 32.2. The molecule has 132 valence electrons. The van der Waals surface area contributed by atoms with E-state index in [9.17, 15) is 9.59 Å². The van der Waals surface area contributed by atoms with Gasteiger partial charge in [-0.2, -0.15) is 0 Å². The number of hydrogen-bond acceptors (Lipinski definition) is 6. The van der Waals surface area contributed by atoms with Crippen molar-refractivity contribution in [1.29, 1.82) is 0 Å². The van der Waals surface area contributed by atoms with Crippen molar-refractivity contribution in [3.8, 4) is 0 Å². The van der Waals surface area contributed by atoms with Crippen LogP contribution in [-0.4, -0.2) is 43.3 Å². The first-order valence-electron chi connectivity index (χ1n) is 7.70. The molecule has 0 unspecified atom stereocenters. The van der Waals surface area contributed by atoms with E-state index in [2.05, 4.69) is 10.3 Å². The van der Waals surface area contributed by atoms with Gasteiger partial charge in [0.05, 0.1) is 5.56 Å². The van der Waals surface area contributed by atoms with Crippen molar-refractivity contribution in [3.05, 3.63) is 48.2 Å². The predicted molar refractivity (Wildman–Crippen MR) is 100 cm³/mol. The number of anilines is 2. The van der Waals surface area contributed by atoms with Gasteiger partial charge in [-0.05, 0) is 49.6 Å². The molecule has 0 aliphatic rings. The van der Waals surface area contributed by atoms with Gasteiger partial charge in [-0.25, -0.2) is 9.78 Å². The van der Waals surface area contributed by atoms with E-state index < -0.39 is 12.1 Å². The summed E-state index contributed by atoms with van der Waals surface area (Å²) in [4.78, 5) is 30.6. The zero-order valence-corrected chi connectivity index (χ0v) is 15.5. The number of nitrogens with one attached hydrogen (secondary N) is 1. The van der Waals surface area contributed by atoms with Gasteiger partial charge in [0.1, 0.15) is 5.03 Å². The third-order valence-electron chi connectivity index (χ3n) is 3.49. The number of esters is 1. The molecule has 2 aromatic rings. The first-order chi connectivity index (χ1) is 11.9. The Balaban J connectivity index is 1.99. The minimum atomic E-state index is -0.920. The fraction of sp³-hybridized carbons (Fsp3) is 0.278. The molecule has 1 aromatic heterocycles. The van der Waals surface area contributed by atoms with E-state index in [-0.39, 0.29) is 5.91 Å². The smallest absolute Gasteiger partial charge is 0.341 e. The average Bonchev–Trinajstić information content (AvgIpc) is 2.61. The maximum absolute atomic E-state index is 12.3. The maximum atomic E-state index is 12.3. The molecule has 1 aromatic carbocycles. The second-order valence-corrected chi connectivity index (χ2v) is 6.33. The molecule has 0 bridgehead atoms. The fourth-order valence-electron chi connectivity index (χ4n) is 2.07. The van der Waals surface area contributed by atoms with E-state index in [1.54, 1.807) is 30.5 Å². The predicted octanol–water partition coefficient (Wildman–Crippen LogP) is 3.05. The van der Waals surface area contributed by atoms with Crippen LogP contribution in [0.15, 0.2) is 47.6 Å². The lowest BCUT2D eigenvalue weighted by molar-refractivity contribution is -0.123. The number of rotatable bonds is 6. The monoisotopic (exact) mass is 359 g/mol. The number of pyridine rings is 1.